The second-order valence-electron chi connectivity index (χ2n) is 9.71. The number of nitro groups is 1. The topological polar surface area (TPSA) is 322 Å². The largest absolute Gasteiger partial charge is 0.505 e. The molecule has 0 saturated heterocycles. The van der Waals surface area contributed by atoms with Gasteiger partial charge in [-0.3, -0.25) is 23.8 Å². The molecule has 5 aromatic carbocycles. The van der Waals surface area contributed by atoms with Gasteiger partial charge in [0.2, 0.25) is 0 Å². The fourth-order valence-corrected chi connectivity index (χ4v) is 6.46. The summed E-state index contributed by atoms with van der Waals surface area (Å²) in [5.41, 5.74) is 4.07. The van der Waals surface area contributed by atoms with Crippen LogP contribution in [0, 0.1) is 10.1 Å². The molecule has 0 aliphatic heterocycles. The maximum atomic E-state index is 12.0. The highest BCUT2D eigenvalue weighted by Gasteiger charge is 2.26. The maximum absolute atomic E-state index is 12.0. The highest BCUT2D eigenvalue weighted by Crippen LogP contribution is 2.44. The van der Waals surface area contributed by atoms with E-state index in [4.69, 9.17) is 5.73 Å². The molecule has 0 unspecified atom stereocenters. The van der Waals surface area contributed by atoms with Crippen molar-refractivity contribution in [1.29, 1.82) is 0 Å². The van der Waals surface area contributed by atoms with Gasteiger partial charge in [-0.2, -0.15) is 25.3 Å². The van der Waals surface area contributed by atoms with Crippen LogP contribution >= 0.6 is 0 Å². The minimum absolute atomic E-state index is 0.00167. The summed E-state index contributed by atoms with van der Waals surface area (Å²) in [6.45, 7) is 0. The Morgan fingerprint density at radius 2 is 1.12 bits per heavy atom. The predicted octanol–water partition coefficient (Wildman–Crippen LogP) is 5.47. The number of nitro benzene ring substituents is 1. The number of phenolic OH excluding ortho intramolecular Hbond substituents is 2. The van der Waals surface area contributed by atoms with Crippen LogP contribution in [0.1, 0.15) is 0 Å². The van der Waals surface area contributed by atoms with E-state index in [1.165, 1.54) is 18.2 Å². The van der Waals surface area contributed by atoms with Crippen LogP contribution in [0.5, 0.6) is 11.5 Å². The number of anilines is 1. The number of phenols is 2. The Bertz CT molecular complexity index is 2610. The molecule has 19 nitrogen and oxygen atoms in total. The van der Waals surface area contributed by atoms with Crippen molar-refractivity contribution in [3.8, 4) is 11.5 Å². The van der Waals surface area contributed by atoms with Gasteiger partial charge in [-0.25, -0.2) is 0 Å². The zero-order chi connectivity index (χ0) is 35.3. The van der Waals surface area contributed by atoms with Crippen LogP contribution in [0.4, 0.5) is 34.1 Å². The first-order chi connectivity index (χ1) is 22.3. The van der Waals surface area contributed by atoms with Gasteiger partial charge in [0.15, 0.2) is 5.75 Å². The Balaban J connectivity index is 1.66. The third-order valence-electron chi connectivity index (χ3n) is 6.72. The fourth-order valence-electron chi connectivity index (χ4n) is 4.52. The molecular formula is C26H18N6O13S3. The van der Waals surface area contributed by atoms with Gasteiger partial charge < -0.3 is 15.9 Å². The number of benzene rings is 5. The lowest BCUT2D eigenvalue weighted by molar-refractivity contribution is -0.384. The summed E-state index contributed by atoms with van der Waals surface area (Å²) in [5.74, 6) is -1.47. The van der Waals surface area contributed by atoms with Gasteiger partial charge in [0.05, 0.1) is 38.3 Å². The van der Waals surface area contributed by atoms with Gasteiger partial charge in [-0.15, -0.1) is 20.5 Å². The molecule has 0 aromatic heterocycles. The van der Waals surface area contributed by atoms with E-state index in [1.807, 2.05) is 0 Å². The molecule has 48 heavy (non-hydrogen) atoms. The molecular weight excluding hydrogens is 701 g/mol. The number of hydrogen-bond acceptors (Lipinski definition) is 15. The zero-order valence-electron chi connectivity index (χ0n) is 23.4. The Kier molecular flexibility index (Phi) is 8.33. The summed E-state index contributed by atoms with van der Waals surface area (Å²) >= 11 is 0. The molecule has 248 valence electrons. The quantitative estimate of drug-likeness (QED) is 0.0381. The number of aromatic hydroxyl groups is 2. The third-order valence-corrected chi connectivity index (χ3v) is 9.35. The number of nitrogens with two attached hydrogens (primary N) is 1. The standard InChI is InChI=1S/C26H18N6O13S3/c27-25-23(48(43,44)45)11-22(47(40,41)42)15-4-6-20(26(34)24(15)25)31-28-17-7-8-18(16-10-13(46(37,38)39)2-3-14(16)17)29-30-19-5-1-12(32(35)36)9-21(19)33/h1-11,33-34H,27H2,(H,37,38,39)(H,40,41,42)(H,43,44,45). The number of fused-ring (bicyclic) bond motifs is 2. The maximum Gasteiger partial charge on any atom is 0.296 e. The first kappa shape index (κ1) is 33.7. The van der Waals surface area contributed by atoms with Gasteiger partial charge in [0.25, 0.3) is 36.0 Å². The normalized spacial score (nSPS) is 12.8. The number of nitrogen functional groups attached to an aromatic ring is 1. The lowest BCUT2D eigenvalue weighted by Crippen LogP contribution is -2.08. The molecule has 0 fully saturated rings. The lowest BCUT2D eigenvalue weighted by atomic mass is 10.1. The van der Waals surface area contributed by atoms with Crippen molar-refractivity contribution in [2.75, 3.05) is 5.73 Å². The zero-order valence-corrected chi connectivity index (χ0v) is 25.8. The van der Waals surface area contributed by atoms with Crippen molar-refractivity contribution in [3.63, 3.8) is 0 Å². The number of nitrogens with zero attached hydrogens (tertiary/aromatic N) is 5. The van der Waals surface area contributed by atoms with Crippen LogP contribution in [-0.4, -0.2) is 54.0 Å². The smallest absolute Gasteiger partial charge is 0.296 e. The molecule has 7 N–H and O–H groups in total. The van der Waals surface area contributed by atoms with Crippen molar-refractivity contribution in [1.82, 2.24) is 0 Å². The van der Waals surface area contributed by atoms with E-state index in [1.54, 1.807) is 0 Å². The molecule has 22 heteroatoms. The highest BCUT2D eigenvalue weighted by atomic mass is 32.2. The van der Waals surface area contributed by atoms with Gasteiger partial charge in [-0.05, 0) is 42.5 Å². The van der Waals surface area contributed by atoms with Crippen molar-refractivity contribution in [2.24, 2.45) is 20.5 Å². The van der Waals surface area contributed by atoms with E-state index >= 15 is 0 Å². The Labute approximate surface area is 268 Å². The Morgan fingerprint density at radius 1 is 0.604 bits per heavy atom. The Morgan fingerprint density at radius 3 is 1.69 bits per heavy atom. The van der Waals surface area contributed by atoms with E-state index < -0.39 is 89.3 Å². The summed E-state index contributed by atoms with van der Waals surface area (Å²) in [4.78, 5) is 7.53. The van der Waals surface area contributed by atoms with Gasteiger partial charge in [-0.1, -0.05) is 12.1 Å². The summed E-state index contributed by atoms with van der Waals surface area (Å²) in [6.07, 6.45) is 0. The van der Waals surface area contributed by atoms with Crippen molar-refractivity contribution >= 4 is 86.0 Å². The lowest BCUT2D eigenvalue weighted by Gasteiger charge is -2.13. The number of azo groups is 2. The van der Waals surface area contributed by atoms with E-state index in [-0.39, 0.29) is 27.8 Å². The monoisotopic (exact) mass is 718 g/mol. The molecule has 0 heterocycles. The fraction of sp³-hybridized carbons (Fsp3) is 0. The predicted molar refractivity (Wildman–Crippen MR) is 167 cm³/mol. The first-order valence-corrected chi connectivity index (χ1v) is 17.0. The summed E-state index contributed by atoms with van der Waals surface area (Å²) in [7, 11) is -15.0. The average molecular weight is 719 g/mol. The van der Waals surface area contributed by atoms with Gasteiger partial charge in [0.1, 0.15) is 26.9 Å². The third kappa shape index (κ3) is 6.46. The van der Waals surface area contributed by atoms with Gasteiger partial charge in [0, 0.05) is 22.2 Å². The van der Waals surface area contributed by atoms with Crippen molar-refractivity contribution < 1.29 is 54.0 Å². The molecule has 5 aromatic rings. The van der Waals surface area contributed by atoms with Crippen LogP contribution in [0.2, 0.25) is 0 Å². The van der Waals surface area contributed by atoms with Crippen molar-refractivity contribution in [3.05, 3.63) is 76.8 Å². The SMILES string of the molecule is Nc1c(S(=O)(=O)O)cc(S(=O)(=O)O)c2ccc(N=Nc3ccc(N=Nc4ccc([N+](=O)[O-])cc4O)c4cc(S(=O)(=O)O)ccc34)c(O)c12. The minimum atomic E-state index is -5.15. The number of hydrogen-bond donors (Lipinski definition) is 6. The van der Waals surface area contributed by atoms with E-state index in [9.17, 15) is 59.2 Å². The van der Waals surface area contributed by atoms with Crippen LogP contribution in [0.3, 0.4) is 0 Å². The van der Waals surface area contributed by atoms with Crippen molar-refractivity contribution in [2.45, 2.75) is 14.7 Å². The molecule has 0 radical (unpaired) electrons. The van der Waals surface area contributed by atoms with E-state index in [0.717, 1.165) is 42.5 Å². The highest BCUT2D eigenvalue weighted by molar-refractivity contribution is 7.87. The van der Waals surface area contributed by atoms with Crippen LogP contribution < -0.4 is 5.73 Å². The minimum Gasteiger partial charge on any atom is -0.505 e. The van der Waals surface area contributed by atoms with Gasteiger partial charge >= 0.3 is 0 Å². The van der Waals surface area contributed by atoms with Crippen LogP contribution in [0.15, 0.2) is 102 Å². The van der Waals surface area contributed by atoms with Crippen LogP contribution in [-0.2, 0) is 30.4 Å². The molecule has 0 aliphatic rings. The summed E-state index contributed by atoms with van der Waals surface area (Å²) in [6, 6.07) is 11.4. The number of rotatable bonds is 8. The molecule has 0 aliphatic carbocycles. The second-order valence-corrected chi connectivity index (χ2v) is 13.9. The molecule has 0 bridgehead atoms. The average Bonchev–Trinajstić information content (AvgIpc) is 2.98. The first-order valence-electron chi connectivity index (χ1n) is 12.7. The number of non-ortho nitro benzene ring substituents is 1. The van der Waals surface area contributed by atoms with Crippen LogP contribution in [0.25, 0.3) is 21.5 Å². The molecule has 0 saturated carbocycles. The molecule has 0 spiro atoms. The molecule has 0 atom stereocenters. The Hall–Kier alpha value is -5.65. The second kappa shape index (κ2) is 11.9. The van der Waals surface area contributed by atoms with E-state index in [2.05, 4.69) is 20.5 Å². The summed E-state index contributed by atoms with van der Waals surface area (Å²) in [5, 5.41) is 47.0. The molecule has 5 rings (SSSR count). The molecule has 0 amide bonds. The summed E-state index contributed by atoms with van der Waals surface area (Å²) < 4.78 is 100. The van der Waals surface area contributed by atoms with E-state index in [0.29, 0.717) is 6.07 Å².